The van der Waals surface area contributed by atoms with Crippen molar-refractivity contribution in [3.05, 3.63) is 29.3 Å². The van der Waals surface area contributed by atoms with E-state index < -0.39 is 0 Å². The summed E-state index contributed by atoms with van der Waals surface area (Å²) in [5.41, 5.74) is 5.46. The monoisotopic (exact) mass is 306 g/mol. The van der Waals surface area contributed by atoms with Crippen LogP contribution in [0.1, 0.15) is 13.3 Å². The van der Waals surface area contributed by atoms with Gasteiger partial charge in [0.1, 0.15) is 5.75 Å². The van der Waals surface area contributed by atoms with Crippen LogP contribution < -0.4 is 15.8 Å². The molecular weight excluding hydrogens is 287 g/mol. The molecule has 4 nitrogen and oxygen atoms in total. The first-order chi connectivity index (χ1) is 8.61. The van der Waals surface area contributed by atoms with Crippen molar-refractivity contribution in [1.29, 1.82) is 0 Å². The molecule has 1 aromatic rings. The lowest BCUT2D eigenvalue weighted by molar-refractivity contribution is -0.121. The van der Waals surface area contributed by atoms with Crippen LogP contribution in [-0.4, -0.2) is 25.6 Å². The lowest BCUT2D eigenvalue weighted by Gasteiger charge is -2.10. The molecule has 0 saturated carbocycles. The van der Waals surface area contributed by atoms with Gasteiger partial charge in [-0.05, 0) is 36.7 Å². The third-order valence-corrected chi connectivity index (χ3v) is 2.71. The maximum atomic E-state index is 11.5. The standard InChI is InChI=1S/C13H19ClN2O2.ClH/c1-10(8-15)9-16-13(17)6-7-18-12-4-2-11(14)3-5-12;/h2-5,10H,6-9,15H2,1H3,(H,16,17);1H. The molecule has 0 spiro atoms. The van der Waals surface area contributed by atoms with Crippen molar-refractivity contribution >= 4 is 29.9 Å². The highest BCUT2D eigenvalue weighted by Gasteiger charge is 2.04. The highest BCUT2D eigenvalue weighted by Crippen LogP contribution is 2.15. The van der Waals surface area contributed by atoms with E-state index in [-0.39, 0.29) is 18.3 Å². The number of ether oxygens (including phenoxy) is 1. The lowest BCUT2D eigenvalue weighted by atomic mass is 10.2. The zero-order chi connectivity index (χ0) is 13.4. The van der Waals surface area contributed by atoms with Crippen LogP contribution in [0.25, 0.3) is 0 Å². The van der Waals surface area contributed by atoms with Crippen LogP contribution >= 0.6 is 24.0 Å². The molecule has 6 heteroatoms. The van der Waals surface area contributed by atoms with Crippen molar-refractivity contribution in [1.82, 2.24) is 5.32 Å². The first kappa shape index (κ1) is 18.0. The second-order valence-corrected chi connectivity index (χ2v) is 4.63. The second-order valence-electron chi connectivity index (χ2n) is 4.20. The van der Waals surface area contributed by atoms with Gasteiger partial charge in [0.05, 0.1) is 13.0 Å². The van der Waals surface area contributed by atoms with Crippen molar-refractivity contribution < 1.29 is 9.53 Å². The number of nitrogens with one attached hydrogen (secondary N) is 1. The zero-order valence-electron chi connectivity index (χ0n) is 10.9. The van der Waals surface area contributed by atoms with E-state index in [1.807, 2.05) is 6.92 Å². The number of carbonyl (C=O) groups is 1. The summed E-state index contributed by atoms with van der Waals surface area (Å²) < 4.78 is 5.42. The van der Waals surface area contributed by atoms with Crippen LogP contribution in [0.15, 0.2) is 24.3 Å². The fourth-order valence-corrected chi connectivity index (χ4v) is 1.38. The van der Waals surface area contributed by atoms with E-state index in [0.717, 1.165) is 0 Å². The number of rotatable bonds is 7. The summed E-state index contributed by atoms with van der Waals surface area (Å²) in [4.78, 5) is 11.5. The molecule has 0 heterocycles. The molecule has 1 rings (SSSR count). The highest BCUT2D eigenvalue weighted by molar-refractivity contribution is 6.30. The number of amides is 1. The van der Waals surface area contributed by atoms with E-state index >= 15 is 0 Å². The smallest absolute Gasteiger partial charge is 0.223 e. The summed E-state index contributed by atoms with van der Waals surface area (Å²) in [6, 6.07) is 7.05. The fraction of sp³-hybridized carbons (Fsp3) is 0.462. The summed E-state index contributed by atoms with van der Waals surface area (Å²) in [5.74, 6) is 0.984. The Hall–Kier alpha value is -0.970. The van der Waals surface area contributed by atoms with E-state index in [0.29, 0.717) is 42.8 Å². The molecule has 0 aliphatic heterocycles. The number of hydrogen-bond acceptors (Lipinski definition) is 3. The van der Waals surface area contributed by atoms with Crippen molar-refractivity contribution in [3.63, 3.8) is 0 Å². The van der Waals surface area contributed by atoms with Crippen molar-refractivity contribution in [3.8, 4) is 5.75 Å². The van der Waals surface area contributed by atoms with Crippen molar-refractivity contribution in [2.75, 3.05) is 19.7 Å². The van der Waals surface area contributed by atoms with Gasteiger partial charge in [-0.3, -0.25) is 4.79 Å². The van der Waals surface area contributed by atoms with Crippen LogP contribution in [0.4, 0.5) is 0 Å². The second kappa shape index (κ2) is 9.89. The quantitative estimate of drug-likeness (QED) is 0.812. The zero-order valence-corrected chi connectivity index (χ0v) is 12.5. The van der Waals surface area contributed by atoms with Crippen molar-refractivity contribution in [2.45, 2.75) is 13.3 Å². The predicted octanol–water partition coefficient (Wildman–Crippen LogP) is 2.24. The summed E-state index contributed by atoms with van der Waals surface area (Å²) in [6.07, 6.45) is 0.333. The van der Waals surface area contributed by atoms with Gasteiger partial charge >= 0.3 is 0 Å². The van der Waals surface area contributed by atoms with Gasteiger partial charge in [-0.25, -0.2) is 0 Å². The van der Waals surface area contributed by atoms with E-state index in [1.165, 1.54) is 0 Å². The Morgan fingerprint density at radius 3 is 2.63 bits per heavy atom. The van der Waals surface area contributed by atoms with Gasteiger partial charge in [0, 0.05) is 11.6 Å². The molecule has 1 atom stereocenters. The predicted molar refractivity (Wildman–Crippen MR) is 80.0 cm³/mol. The van der Waals surface area contributed by atoms with Crippen LogP contribution in [0, 0.1) is 5.92 Å². The fourth-order valence-electron chi connectivity index (χ4n) is 1.25. The molecule has 108 valence electrons. The van der Waals surface area contributed by atoms with Crippen LogP contribution in [0.5, 0.6) is 5.75 Å². The van der Waals surface area contributed by atoms with E-state index in [1.54, 1.807) is 24.3 Å². The summed E-state index contributed by atoms with van der Waals surface area (Å²) >= 11 is 5.75. The first-order valence-corrected chi connectivity index (χ1v) is 6.34. The molecule has 0 aliphatic rings. The topological polar surface area (TPSA) is 64.3 Å². The maximum Gasteiger partial charge on any atom is 0.223 e. The van der Waals surface area contributed by atoms with E-state index in [2.05, 4.69) is 5.32 Å². The number of benzene rings is 1. The Bertz CT molecular complexity index is 371. The molecule has 0 fully saturated rings. The Morgan fingerprint density at radius 1 is 1.42 bits per heavy atom. The number of hydrogen-bond donors (Lipinski definition) is 2. The van der Waals surface area contributed by atoms with Gasteiger partial charge in [0.25, 0.3) is 0 Å². The normalized spacial score (nSPS) is 11.3. The Balaban J connectivity index is 0.00000324. The van der Waals surface area contributed by atoms with Crippen LogP contribution in [0.2, 0.25) is 5.02 Å². The van der Waals surface area contributed by atoms with E-state index in [4.69, 9.17) is 22.1 Å². The molecule has 0 bridgehead atoms. The molecule has 0 radical (unpaired) electrons. The first-order valence-electron chi connectivity index (χ1n) is 5.97. The molecule has 0 aromatic heterocycles. The highest BCUT2D eigenvalue weighted by atomic mass is 35.5. The Kier molecular flexibility index (Phi) is 9.39. The molecule has 0 saturated heterocycles. The summed E-state index contributed by atoms with van der Waals surface area (Å²) in [7, 11) is 0. The van der Waals surface area contributed by atoms with Gasteiger partial charge in [0.15, 0.2) is 0 Å². The SMILES string of the molecule is CC(CN)CNC(=O)CCOc1ccc(Cl)cc1.Cl. The molecule has 19 heavy (non-hydrogen) atoms. The molecule has 3 N–H and O–H groups in total. The number of carbonyl (C=O) groups excluding carboxylic acids is 1. The molecule has 1 amide bonds. The minimum atomic E-state index is -0.0238. The van der Waals surface area contributed by atoms with Gasteiger partial charge in [-0.15, -0.1) is 12.4 Å². The van der Waals surface area contributed by atoms with Gasteiger partial charge in [-0.1, -0.05) is 18.5 Å². The number of nitrogens with two attached hydrogens (primary N) is 1. The molecule has 1 aromatic carbocycles. The molecular formula is C13H20Cl2N2O2. The average Bonchev–Trinajstić information content (AvgIpc) is 2.38. The van der Waals surface area contributed by atoms with Gasteiger partial charge in [0.2, 0.25) is 5.91 Å². The summed E-state index contributed by atoms with van der Waals surface area (Å²) in [6.45, 7) is 3.52. The van der Waals surface area contributed by atoms with E-state index in [9.17, 15) is 4.79 Å². The third-order valence-electron chi connectivity index (χ3n) is 2.46. The lowest BCUT2D eigenvalue weighted by Crippen LogP contribution is -2.31. The van der Waals surface area contributed by atoms with Gasteiger partial charge in [-0.2, -0.15) is 0 Å². The molecule has 1 unspecified atom stereocenters. The van der Waals surface area contributed by atoms with Crippen LogP contribution in [0.3, 0.4) is 0 Å². The number of halogens is 2. The average molecular weight is 307 g/mol. The molecule has 0 aliphatic carbocycles. The van der Waals surface area contributed by atoms with Gasteiger partial charge < -0.3 is 15.8 Å². The Labute approximate surface area is 125 Å². The third kappa shape index (κ3) is 7.93. The Morgan fingerprint density at radius 2 is 2.05 bits per heavy atom. The summed E-state index contributed by atoms with van der Waals surface area (Å²) in [5, 5.41) is 3.47. The van der Waals surface area contributed by atoms with Crippen LogP contribution in [-0.2, 0) is 4.79 Å². The largest absolute Gasteiger partial charge is 0.493 e. The minimum Gasteiger partial charge on any atom is -0.493 e. The minimum absolute atomic E-state index is 0. The van der Waals surface area contributed by atoms with Crippen molar-refractivity contribution in [2.24, 2.45) is 11.7 Å². The maximum absolute atomic E-state index is 11.5.